The van der Waals surface area contributed by atoms with Gasteiger partial charge in [0.2, 0.25) is 5.91 Å². The zero-order valence-corrected chi connectivity index (χ0v) is 14.8. The Morgan fingerprint density at radius 3 is 2.04 bits per heavy atom. The van der Waals surface area contributed by atoms with Gasteiger partial charge in [-0.3, -0.25) is 9.59 Å². The third-order valence-corrected chi connectivity index (χ3v) is 4.50. The van der Waals surface area contributed by atoms with E-state index in [-0.39, 0.29) is 6.42 Å². The summed E-state index contributed by atoms with van der Waals surface area (Å²) < 4.78 is 5.22. The van der Waals surface area contributed by atoms with E-state index < -0.39 is 53.4 Å². The average Bonchev–Trinajstić information content (AvgIpc) is 2.45. The van der Waals surface area contributed by atoms with Crippen LogP contribution in [-0.4, -0.2) is 62.9 Å². The summed E-state index contributed by atoms with van der Waals surface area (Å²) >= 11 is 0. The second-order valence-electron chi connectivity index (χ2n) is 7.70. The first-order chi connectivity index (χ1) is 10.8. The van der Waals surface area contributed by atoms with Crippen molar-refractivity contribution in [2.45, 2.75) is 78.1 Å². The van der Waals surface area contributed by atoms with Crippen molar-refractivity contribution in [2.75, 3.05) is 0 Å². The smallest absolute Gasteiger partial charge is 0.309 e. The average molecular weight is 347 g/mol. The van der Waals surface area contributed by atoms with Gasteiger partial charge < -0.3 is 30.5 Å². The van der Waals surface area contributed by atoms with Crippen LogP contribution in [-0.2, 0) is 14.3 Å². The molecule has 0 aromatic heterocycles. The zero-order chi connectivity index (χ0) is 18.9. The van der Waals surface area contributed by atoms with Crippen molar-refractivity contribution >= 4 is 11.9 Å². The van der Waals surface area contributed by atoms with E-state index in [4.69, 9.17) is 4.74 Å². The monoisotopic (exact) mass is 347 g/mol. The number of amides is 1. The molecular formula is C16H29NO7. The fraction of sp³-hybridized carbons (Fsp3) is 0.875. The van der Waals surface area contributed by atoms with E-state index in [2.05, 4.69) is 5.32 Å². The van der Waals surface area contributed by atoms with Gasteiger partial charge in [-0.25, -0.2) is 0 Å². The van der Waals surface area contributed by atoms with Gasteiger partial charge in [-0.1, -0.05) is 20.8 Å². The number of hydrogen-bond donors (Lipinski definition) is 5. The van der Waals surface area contributed by atoms with Gasteiger partial charge in [0.25, 0.3) is 0 Å². The fourth-order valence-electron chi connectivity index (χ4n) is 3.05. The molecule has 1 amide bonds. The van der Waals surface area contributed by atoms with Gasteiger partial charge in [0.05, 0.1) is 11.5 Å². The van der Waals surface area contributed by atoms with Crippen LogP contribution >= 0.6 is 0 Å². The third-order valence-electron chi connectivity index (χ3n) is 4.50. The van der Waals surface area contributed by atoms with Crippen molar-refractivity contribution in [2.24, 2.45) is 10.8 Å². The lowest BCUT2D eigenvalue weighted by molar-refractivity contribution is -0.248. The lowest BCUT2D eigenvalue weighted by Gasteiger charge is -2.42. The predicted octanol–water partition coefficient (Wildman–Crippen LogP) is -0.153. The largest absolute Gasteiger partial charge is 0.481 e. The van der Waals surface area contributed by atoms with Crippen molar-refractivity contribution in [1.29, 1.82) is 0 Å². The molecule has 0 spiro atoms. The number of aliphatic carboxylic acids is 1. The molecule has 24 heavy (non-hydrogen) atoms. The summed E-state index contributed by atoms with van der Waals surface area (Å²) in [7, 11) is 0. The van der Waals surface area contributed by atoms with Crippen LogP contribution in [0.25, 0.3) is 0 Å². The van der Waals surface area contributed by atoms with Crippen LogP contribution in [0.2, 0.25) is 0 Å². The molecule has 5 atom stereocenters. The van der Waals surface area contributed by atoms with E-state index in [1.165, 1.54) is 13.8 Å². The highest BCUT2D eigenvalue weighted by molar-refractivity contribution is 5.83. The molecule has 0 aromatic carbocycles. The quantitative estimate of drug-likeness (QED) is 0.450. The standard InChI is InChI=1S/C16H29NO7/c1-6-8-10(18)11(19)9(12(20)24-8)17-13(21)15(2,3)7-16(4,5)14(22)23/h8-12,18-20H,6-7H2,1-5H3,(H,17,21)(H,22,23)/t8?,9?,10?,11-,12?/m1/s1. The number of nitrogens with one attached hydrogen (secondary N) is 1. The van der Waals surface area contributed by atoms with Crippen LogP contribution < -0.4 is 5.32 Å². The van der Waals surface area contributed by atoms with Crippen LogP contribution in [0.15, 0.2) is 0 Å². The van der Waals surface area contributed by atoms with E-state index in [0.29, 0.717) is 6.42 Å². The van der Waals surface area contributed by atoms with Crippen molar-refractivity contribution in [3.63, 3.8) is 0 Å². The minimum absolute atomic E-state index is 0.0566. The summed E-state index contributed by atoms with van der Waals surface area (Å²) in [5.41, 5.74) is -2.18. The van der Waals surface area contributed by atoms with Crippen LogP contribution in [0.3, 0.4) is 0 Å². The maximum Gasteiger partial charge on any atom is 0.309 e. The number of carboxylic acids is 1. The summed E-state index contributed by atoms with van der Waals surface area (Å²) in [5.74, 6) is -1.56. The maximum atomic E-state index is 12.5. The van der Waals surface area contributed by atoms with E-state index >= 15 is 0 Å². The molecule has 0 saturated carbocycles. The molecular weight excluding hydrogens is 318 g/mol. The number of rotatable bonds is 6. The van der Waals surface area contributed by atoms with Crippen molar-refractivity contribution < 1.29 is 34.8 Å². The Labute approximate surface area is 141 Å². The van der Waals surface area contributed by atoms with Gasteiger partial charge in [-0.15, -0.1) is 0 Å². The molecule has 8 heteroatoms. The highest BCUT2D eigenvalue weighted by Crippen LogP contribution is 2.34. The molecule has 5 N–H and O–H groups in total. The summed E-state index contributed by atoms with van der Waals surface area (Å²) in [4.78, 5) is 23.8. The Balaban J connectivity index is 2.84. The van der Waals surface area contributed by atoms with Gasteiger partial charge in [-0.2, -0.15) is 0 Å². The molecule has 1 fully saturated rings. The number of ether oxygens (including phenoxy) is 1. The molecule has 1 saturated heterocycles. The molecule has 0 aromatic rings. The number of carbonyl (C=O) groups is 2. The maximum absolute atomic E-state index is 12.5. The fourth-order valence-corrected chi connectivity index (χ4v) is 3.05. The first-order valence-corrected chi connectivity index (χ1v) is 8.07. The number of carboxylic acid groups (broad SMARTS) is 1. The van der Waals surface area contributed by atoms with Gasteiger partial charge in [0, 0.05) is 5.41 Å². The molecule has 8 nitrogen and oxygen atoms in total. The van der Waals surface area contributed by atoms with Crippen LogP contribution in [0.5, 0.6) is 0 Å². The van der Waals surface area contributed by atoms with E-state index in [1.807, 2.05) is 0 Å². The molecule has 0 aliphatic carbocycles. The molecule has 4 unspecified atom stereocenters. The van der Waals surface area contributed by atoms with Gasteiger partial charge in [0.15, 0.2) is 6.29 Å². The van der Waals surface area contributed by atoms with Crippen LogP contribution in [0.4, 0.5) is 0 Å². The van der Waals surface area contributed by atoms with E-state index in [0.717, 1.165) is 0 Å². The van der Waals surface area contributed by atoms with E-state index in [1.54, 1.807) is 20.8 Å². The Morgan fingerprint density at radius 2 is 1.58 bits per heavy atom. The second-order valence-corrected chi connectivity index (χ2v) is 7.70. The SMILES string of the molecule is CCC1OC(O)C(NC(=O)C(C)(C)CC(C)(C)C(=O)O)[C@@H](O)C1O. The summed E-state index contributed by atoms with van der Waals surface area (Å²) in [6, 6.07) is -1.19. The highest BCUT2D eigenvalue weighted by atomic mass is 16.6. The molecule has 1 aliphatic rings. The summed E-state index contributed by atoms with van der Waals surface area (Å²) in [6.45, 7) is 7.95. The zero-order valence-electron chi connectivity index (χ0n) is 14.8. The summed E-state index contributed by atoms with van der Waals surface area (Å²) in [6.07, 6.45) is -4.34. The van der Waals surface area contributed by atoms with Crippen LogP contribution in [0.1, 0.15) is 47.5 Å². The molecule has 1 aliphatic heterocycles. The predicted molar refractivity (Wildman–Crippen MR) is 84.9 cm³/mol. The number of carbonyl (C=O) groups excluding carboxylic acids is 1. The Hall–Kier alpha value is -1.22. The number of aliphatic hydroxyl groups is 3. The topological polar surface area (TPSA) is 136 Å². The number of aliphatic hydroxyl groups excluding tert-OH is 3. The van der Waals surface area contributed by atoms with Gasteiger partial charge in [-0.05, 0) is 26.7 Å². The molecule has 0 radical (unpaired) electrons. The second kappa shape index (κ2) is 7.35. The lowest BCUT2D eigenvalue weighted by Crippen LogP contribution is -2.64. The Morgan fingerprint density at radius 1 is 1.04 bits per heavy atom. The van der Waals surface area contributed by atoms with Crippen molar-refractivity contribution in [3.8, 4) is 0 Å². The molecule has 140 valence electrons. The number of hydrogen-bond acceptors (Lipinski definition) is 6. The lowest BCUT2D eigenvalue weighted by atomic mass is 9.74. The van der Waals surface area contributed by atoms with Gasteiger partial charge >= 0.3 is 5.97 Å². The van der Waals surface area contributed by atoms with E-state index in [9.17, 15) is 30.0 Å². The van der Waals surface area contributed by atoms with Crippen molar-refractivity contribution in [3.05, 3.63) is 0 Å². The Bertz CT molecular complexity index is 477. The van der Waals surface area contributed by atoms with Crippen molar-refractivity contribution in [1.82, 2.24) is 5.32 Å². The molecule has 0 bridgehead atoms. The minimum atomic E-state index is -1.46. The first kappa shape index (κ1) is 20.8. The highest BCUT2D eigenvalue weighted by Gasteiger charge is 2.46. The summed E-state index contributed by atoms with van der Waals surface area (Å²) in [5, 5.41) is 41.8. The minimum Gasteiger partial charge on any atom is -0.481 e. The molecule has 1 rings (SSSR count). The first-order valence-electron chi connectivity index (χ1n) is 8.07. The third kappa shape index (κ3) is 4.44. The normalized spacial score (nSPS) is 31.6. The van der Waals surface area contributed by atoms with Crippen LogP contribution in [0, 0.1) is 10.8 Å². The Kier molecular flexibility index (Phi) is 6.37. The molecule has 1 heterocycles. The van der Waals surface area contributed by atoms with Gasteiger partial charge in [0.1, 0.15) is 18.2 Å².